The van der Waals surface area contributed by atoms with E-state index >= 15 is 0 Å². The SMILES string of the molecule is CCCC12c3c(CC)c(CC)c(CC)c(CC)c3C1(CCC)C1(CCC)c3c(CC)c(CC)c(CC)c(CC)c3C21CCC. The quantitative estimate of drug-likeness (QED) is 0.181. The Hall–Kier alpha value is -1.56. The van der Waals surface area contributed by atoms with Gasteiger partial charge in [-0.3, -0.25) is 0 Å². The Kier molecular flexibility index (Phi) is 9.39. The second-order valence-corrected chi connectivity index (χ2v) is 14.8. The summed E-state index contributed by atoms with van der Waals surface area (Å²) < 4.78 is 0. The molecule has 3 aliphatic rings. The van der Waals surface area contributed by atoms with Crippen molar-refractivity contribution in [2.75, 3.05) is 0 Å². The van der Waals surface area contributed by atoms with E-state index in [0.29, 0.717) is 0 Å². The van der Waals surface area contributed by atoms with E-state index in [-0.39, 0.29) is 21.7 Å². The lowest BCUT2D eigenvalue weighted by Gasteiger charge is -2.94. The average Bonchev–Trinajstić information content (AvgIpc) is 3.04. The molecule has 1 saturated carbocycles. The van der Waals surface area contributed by atoms with Crippen LogP contribution in [0.3, 0.4) is 0 Å². The van der Waals surface area contributed by atoms with E-state index in [9.17, 15) is 0 Å². The van der Waals surface area contributed by atoms with E-state index in [1.807, 2.05) is 22.3 Å². The van der Waals surface area contributed by atoms with Crippen LogP contribution >= 0.6 is 0 Å². The van der Waals surface area contributed by atoms with Crippen LogP contribution < -0.4 is 0 Å². The fraction of sp³-hybridized carbons (Fsp3) is 0.727. The highest BCUT2D eigenvalue weighted by atomic mass is 15.0. The summed E-state index contributed by atoms with van der Waals surface area (Å²) in [4.78, 5) is 0. The van der Waals surface area contributed by atoms with Crippen molar-refractivity contribution in [1.82, 2.24) is 0 Å². The maximum Gasteiger partial charge on any atom is 0.0170 e. The van der Waals surface area contributed by atoms with Gasteiger partial charge in [-0.05, 0) is 144 Å². The molecule has 2 aromatic carbocycles. The summed E-state index contributed by atoms with van der Waals surface area (Å²) in [5.74, 6) is 0. The largest absolute Gasteiger partial charge is 0.0653 e. The first-order valence-corrected chi connectivity index (χ1v) is 19.7. The second-order valence-electron chi connectivity index (χ2n) is 14.8. The van der Waals surface area contributed by atoms with Gasteiger partial charge in [-0.1, -0.05) is 109 Å². The molecule has 0 unspecified atom stereocenters. The topological polar surface area (TPSA) is 0 Å². The van der Waals surface area contributed by atoms with E-state index in [1.165, 1.54) is 103 Å². The van der Waals surface area contributed by atoms with Crippen molar-refractivity contribution < 1.29 is 0 Å². The Balaban J connectivity index is 2.11. The molecule has 0 heterocycles. The molecule has 0 aromatic heterocycles. The number of hydrogen-bond donors (Lipinski definition) is 0. The van der Waals surface area contributed by atoms with Crippen molar-refractivity contribution in [2.45, 2.75) is 207 Å². The van der Waals surface area contributed by atoms with Crippen molar-refractivity contribution in [3.63, 3.8) is 0 Å². The van der Waals surface area contributed by atoms with Gasteiger partial charge in [-0.25, -0.2) is 0 Å². The van der Waals surface area contributed by atoms with Gasteiger partial charge in [0, 0.05) is 21.7 Å². The number of rotatable bonds is 16. The van der Waals surface area contributed by atoms with E-state index in [2.05, 4.69) is 83.1 Å². The lowest BCUT2D eigenvalue weighted by atomic mass is 9.07. The first-order chi connectivity index (χ1) is 21.3. The lowest BCUT2D eigenvalue weighted by Crippen LogP contribution is -2.96. The normalized spacial score (nSPS) is 27.5. The summed E-state index contributed by atoms with van der Waals surface area (Å²) in [5.41, 5.74) is 22.9. The molecular weight excluding hydrogens is 528 g/mol. The van der Waals surface area contributed by atoms with Crippen molar-refractivity contribution >= 4 is 0 Å². The Morgan fingerprint density at radius 3 is 0.523 bits per heavy atom. The van der Waals surface area contributed by atoms with Gasteiger partial charge in [0.25, 0.3) is 0 Å². The zero-order valence-corrected chi connectivity index (χ0v) is 31.3. The van der Waals surface area contributed by atoms with E-state index in [0.717, 1.165) is 0 Å². The lowest BCUT2D eigenvalue weighted by molar-refractivity contribution is -0.226. The molecule has 44 heavy (non-hydrogen) atoms. The van der Waals surface area contributed by atoms with Crippen LogP contribution in [0.25, 0.3) is 0 Å². The molecule has 0 bridgehead atoms. The van der Waals surface area contributed by atoms with Crippen LogP contribution in [0.1, 0.15) is 201 Å². The van der Waals surface area contributed by atoms with Crippen LogP contribution in [0.5, 0.6) is 0 Å². The predicted octanol–water partition coefficient (Wildman–Crippen LogP) is 12.1. The van der Waals surface area contributed by atoms with Gasteiger partial charge >= 0.3 is 0 Å². The van der Waals surface area contributed by atoms with Crippen LogP contribution in [0, 0.1) is 0 Å². The maximum absolute atomic E-state index is 2.52. The summed E-state index contributed by atoms with van der Waals surface area (Å²) in [6.45, 7) is 29.9. The van der Waals surface area contributed by atoms with Gasteiger partial charge in [0.2, 0.25) is 0 Å². The van der Waals surface area contributed by atoms with E-state index in [4.69, 9.17) is 0 Å². The molecule has 0 atom stereocenters. The Labute approximate surface area is 273 Å². The number of benzene rings is 2. The summed E-state index contributed by atoms with van der Waals surface area (Å²) in [5, 5.41) is 0. The number of fused-ring (bicyclic) bond motifs is 10. The Bertz CT molecular complexity index is 1180. The third-order valence-corrected chi connectivity index (χ3v) is 13.8. The molecule has 0 amide bonds. The smallest absolute Gasteiger partial charge is 0.0170 e. The first-order valence-electron chi connectivity index (χ1n) is 19.7. The fourth-order valence-corrected chi connectivity index (χ4v) is 13.8. The highest BCUT2D eigenvalue weighted by molar-refractivity contribution is 5.87. The minimum atomic E-state index is 0.289. The Morgan fingerprint density at radius 1 is 0.250 bits per heavy atom. The maximum atomic E-state index is 2.52. The minimum absolute atomic E-state index is 0.289. The Morgan fingerprint density at radius 2 is 0.409 bits per heavy atom. The summed E-state index contributed by atoms with van der Waals surface area (Å²) in [7, 11) is 0. The summed E-state index contributed by atoms with van der Waals surface area (Å²) in [6.07, 6.45) is 20.2. The van der Waals surface area contributed by atoms with Gasteiger partial charge in [-0.15, -0.1) is 0 Å². The predicted molar refractivity (Wildman–Crippen MR) is 194 cm³/mol. The highest BCUT2D eigenvalue weighted by Crippen LogP contribution is 2.95. The van der Waals surface area contributed by atoms with Crippen molar-refractivity contribution in [3.05, 3.63) is 66.8 Å². The van der Waals surface area contributed by atoms with Gasteiger partial charge < -0.3 is 0 Å². The minimum Gasteiger partial charge on any atom is -0.0653 e. The van der Waals surface area contributed by atoms with Crippen LogP contribution in [-0.2, 0) is 73.0 Å². The molecular formula is C44H68. The molecule has 0 spiro atoms. The van der Waals surface area contributed by atoms with Crippen molar-refractivity contribution in [3.8, 4) is 0 Å². The van der Waals surface area contributed by atoms with Crippen LogP contribution in [0.15, 0.2) is 0 Å². The first kappa shape index (κ1) is 33.8. The molecule has 1 fully saturated rings. The molecule has 0 heteroatoms. The fourth-order valence-electron chi connectivity index (χ4n) is 13.8. The van der Waals surface area contributed by atoms with Crippen LogP contribution in [-0.4, -0.2) is 0 Å². The third-order valence-electron chi connectivity index (χ3n) is 13.8. The molecule has 0 aliphatic heterocycles. The van der Waals surface area contributed by atoms with Gasteiger partial charge in [-0.2, -0.15) is 0 Å². The summed E-state index contributed by atoms with van der Waals surface area (Å²) >= 11 is 0. The molecule has 5 rings (SSSR count). The van der Waals surface area contributed by atoms with E-state index in [1.54, 1.807) is 44.5 Å². The molecule has 3 aliphatic carbocycles. The van der Waals surface area contributed by atoms with Crippen LogP contribution in [0.2, 0.25) is 0 Å². The monoisotopic (exact) mass is 597 g/mol. The standard InChI is InChI=1S/C44H68/c1-13-25-41-37-33(21-9)29(17-5)30(18-6)34(22-10)38(37)42(41,26-14-2)44(28-16-4)40-36(24-12)32(20-8)31(19-7)35(23-11)39(40)43(41,44)27-15-3/h13-28H2,1-12H3. The van der Waals surface area contributed by atoms with Crippen molar-refractivity contribution in [1.29, 1.82) is 0 Å². The van der Waals surface area contributed by atoms with Crippen molar-refractivity contribution in [2.24, 2.45) is 0 Å². The van der Waals surface area contributed by atoms with Gasteiger partial charge in [0.05, 0.1) is 0 Å². The average molecular weight is 597 g/mol. The molecule has 0 nitrogen and oxygen atoms in total. The van der Waals surface area contributed by atoms with E-state index < -0.39 is 0 Å². The highest BCUT2D eigenvalue weighted by Gasteiger charge is 2.95. The molecule has 0 saturated heterocycles. The zero-order valence-electron chi connectivity index (χ0n) is 31.3. The summed E-state index contributed by atoms with van der Waals surface area (Å²) in [6, 6.07) is 0. The molecule has 244 valence electrons. The molecule has 0 radical (unpaired) electrons. The van der Waals surface area contributed by atoms with Crippen LogP contribution in [0.4, 0.5) is 0 Å². The molecule has 2 aromatic rings. The van der Waals surface area contributed by atoms with Gasteiger partial charge in [0.1, 0.15) is 0 Å². The second kappa shape index (κ2) is 12.2. The number of hydrogen-bond acceptors (Lipinski definition) is 0. The third kappa shape index (κ3) is 3.28. The van der Waals surface area contributed by atoms with Gasteiger partial charge in [0.15, 0.2) is 0 Å². The molecule has 0 N–H and O–H groups in total. The zero-order chi connectivity index (χ0) is 32.2.